The molecule has 0 amide bonds. The second kappa shape index (κ2) is 5.88. The molecule has 1 heterocycles. The van der Waals surface area contributed by atoms with Gasteiger partial charge in [-0.25, -0.2) is 14.2 Å². The SMILES string of the molecule is O=C(O)c1cc(F)cc2cnc(N[C@H]3CC[C@H](O)CC3)cc12. The largest absolute Gasteiger partial charge is 0.478 e. The third-order valence-corrected chi connectivity index (χ3v) is 4.08. The van der Waals surface area contributed by atoms with Crippen molar-refractivity contribution in [3.63, 3.8) is 0 Å². The molecule has 0 unspecified atom stereocenters. The van der Waals surface area contributed by atoms with Crippen LogP contribution in [0.5, 0.6) is 0 Å². The van der Waals surface area contributed by atoms with E-state index in [1.165, 1.54) is 12.3 Å². The Morgan fingerprint density at radius 3 is 2.64 bits per heavy atom. The van der Waals surface area contributed by atoms with Crippen molar-refractivity contribution < 1.29 is 19.4 Å². The first-order chi connectivity index (χ1) is 10.5. The lowest BCUT2D eigenvalue weighted by Gasteiger charge is -2.26. The molecule has 1 aromatic heterocycles. The normalized spacial score (nSPS) is 21.7. The predicted octanol–water partition coefficient (Wildman–Crippen LogP) is 2.79. The van der Waals surface area contributed by atoms with Gasteiger partial charge in [0.25, 0.3) is 0 Å². The topological polar surface area (TPSA) is 82.5 Å². The van der Waals surface area contributed by atoms with Gasteiger partial charge in [0.1, 0.15) is 11.6 Å². The smallest absolute Gasteiger partial charge is 0.336 e. The predicted molar refractivity (Wildman–Crippen MR) is 80.5 cm³/mol. The van der Waals surface area contributed by atoms with Crippen molar-refractivity contribution >= 4 is 22.6 Å². The van der Waals surface area contributed by atoms with Gasteiger partial charge in [-0.1, -0.05) is 0 Å². The van der Waals surface area contributed by atoms with Crippen LogP contribution in [0, 0.1) is 5.82 Å². The number of benzene rings is 1. The number of carboxylic acid groups (broad SMARTS) is 1. The summed E-state index contributed by atoms with van der Waals surface area (Å²) in [7, 11) is 0. The molecule has 22 heavy (non-hydrogen) atoms. The number of aliphatic hydroxyl groups is 1. The molecule has 0 spiro atoms. The number of aromatic carboxylic acids is 1. The van der Waals surface area contributed by atoms with Gasteiger partial charge in [0.05, 0.1) is 11.7 Å². The van der Waals surface area contributed by atoms with E-state index in [0.29, 0.717) is 16.6 Å². The van der Waals surface area contributed by atoms with Crippen LogP contribution in [-0.4, -0.2) is 33.3 Å². The van der Waals surface area contributed by atoms with E-state index in [4.69, 9.17) is 0 Å². The summed E-state index contributed by atoms with van der Waals surface area (Å²) in [6.07, 6.45) is 4.43. The van der Waals surface area contributed by atoms with E-state index in [0.717, 1.165) is 31.7 Å². The minimum atomic E-state index is -1.16. The number of fused-ring (bicyclic) bond motifs is 1. The van der Waals surface area contributed by atoms with Crippen LogP contribution in [0.4, 0.5) is 10.2 Å². The Morgan fingerprint density at radius 2 is 1.95 bits per heavy atom. The molecular formula is C16H17FN2O3. The molecule has 1 fully saturated rings. The zero-order valence-electron chi connectivity index (χ0n) is 11.9. The molecule has 1 aliphatic carbocycles. The van der Waals surface area contributed by atoms with Crippen LogP contribution in [0.1, 0.15) is 36.0 Å². The summed E-state index contributed by atoms with van der Waals surface area (Å²) in [6.45, 7) is 0. The number of aliphatic hydroxyl groups excluding tert-OH is 1. The Kier molecular flexibility index (Phi) is 3.94. The number of hydrogen-bond acceptors (Lipinski definition) is 4. The van der Waals surface area contributed by atoms with Crippen molar-refractivity contribution in [3.8, 4) is 0 Å². The Balaban J connectivity index is 1.90. The van der Waals surface area contributed by atoms with E-state index < -0.39 is 11.8 Å². The second-order valence-corrected chi connectivity index (χ2v) is 5.70. The molecule has 5 nitrogen and oxygen atoms in total. The van der Waals surface area contributed by atoms with Crippen molar-refractivity contribution in [2.45, 2.75) is 37.8 Å². The summed E-state index contributed by atoms with van der Waals surface area (Å²) in [5.74, 6) is -1.18. The monoisotopic (exact) mass is 304 g/mol. The van der Waals surface area contributed by atoms with Gasteiger partial charge in [0.15, 0.2) is 0 Å². The number of hydrogen-bond donors (Lipinski definition) is 3. The highest BCUT2D eigenvalue weighted by molar-refractivity contribution is 6.04. The molecular weight excluding hydrogens is 287 g/mol. The fraction of sp³-hybridized carbons (Fsp3) is 0.375. The number of halogens is 1. The summed E-state index contributed by atoms with van der Waals surface area (Å²) < 4.78 is 13.4. The van der Waals surface area contributed by atoms with E-state index in [9.17, 15) is 19.4 Å². The molecule has 1 aromatic carbocycles. The van der Waals surface area contributed by atoms with Crippen LogP contribution in [-0.2, 0) is 0 Å². The lowest BCUT2D eigenvalue weighted by Crippen LogP contribution is -2.28. The number of carboxylic acids is 1. The molecule has 0 aliphatic heterocycles. The van der Waals surface area contributed by atoms with Gasteiger partial charge in [-0.2, -0.15) is 0 Å². The summed E-state index contributed by atoms with van der Waals surface area (Å²) in [6, 6.07) is 4.14. The van der Waals surface area contributed by atoms with Crippen molar-refractivity contribution in [3.05, 3.63) is 35.8 Å². The highest BCUT2D eigenvalue weighted by Gasteiger charge is 2.20. The van der Waals surface area contributed by atoms with Crippen LogP contribution in [0.15, 0.2) is 24.4 Å². The molecule has 1 saturated carbocycles. The van der Waals surface area contributed by atoms with E-state index >= 15 is 0 Å². The summed E-state index contributed by atoms with van der Waals surface area (Å²) in [5, 5.41) is 22.9. The van der Waals surface area contributed by atoms with Gasteiger partial charge in [0, 0.05) is 23.0 Å². The van der Waals surface area contributed by atoms with Crippen LogP contribution in [0.3, 0.4) is 0 Å². The molecule has 0 atom stereocenters. The maximum absolute atomic E-state index is 13.4. The van der Waals surface area contributed by atoms with Gasteiger partial charge >= 0.3 is 5.97 Å². The van der Waals surface area contributed by atoms with Crippen molar-refractivity contribution in [1.82, 2.24) is 4.98 Å². The first kappa shape index (κ1) is 14.7. The molecule has 3 rings (SSSR count). The average Bonchev–Trinajstić information content (AvgIpc) is 2.49. The summed E-state index contributed by atoms with van der Waals surface area (Å²) in [5.41, 5.74) is -0.0699. The van der Waals surface area contributed by atoms with Gasteiger partial charge in [-0.15, -0.1) is 0 Å². The van der Waals surface area contributed by atoms with Crippen LogP contribution >= 0.6 is 0 Å². The lowest BCUT2D eigenvalue weighted by atomic mass is 9.93. The first-order valence-corrected chi connectivity index (χ1v) is 7.30. The standard InChI is InChI=1S/C16H17FN2O3/c17-10-5-9-8-18-15(7-13(9)14(6-10)16(21)22)19-11-1-3-12(20)4-2-11/h5-8,11-12,20H,1-4H2,(H,18,19)(H,21,22)/t11-,12-. The minimum Gasteiger partial charge on any atom is -0.478 e. The third kappa shape index (κ3) is 3.01. The summed E-state index contributed by atoms with van der Waals surface area (Å²) in [4.78, 5) is 15.5. The van der Waals surface area contributed by atoms with Gasteiger partial charge in [-0.05, 0) is 43.9 Å². The number of rotatable bonds is 3. The fourth-order valence-corrected chi connectivity index (χ4v) is 2.91. The second-order valence-electron chi connectivity index (χ2n) is 5.70. The van der Waals surface area contributed by atoms with Crippen molar-refractivity contribution in [2.75, 3.05) is 5.32 Å². The third-order valence-electron chi connectivity index (χ3n) is 4.08. The Hall–Kier alpha value is -2.21. The highest BCUT2D eigenvalue weighted by Crippen LogP contribution is 2.25. The highest BCUT2D eigenvalue weighted by atomic mass is 19.1. The maximum Gasteiger partial charge on any atom is 0.336 e. The molecule has 1 aliphatic rings. The number of anilines is 1. The molecule has 0 saturated heterocycles. The first-order valence-electron chi connectivity index (χ1n) is 7.30. The number of nitrogens with one attached hydrogen (secondary N) is 1. The number of nitrogens with zero attached hydrogens (tertiary/aromatic N) is 1. The summed E-state index contributed by atoms with van der Waals surface area (Å²) >= 11 is 0. The molecule has 0 radical (unpaired) electrons. The Bertz CT molecular complexity index is 712. The quantitative estimate of drug-likeness (QED) is 0.812. The zero-order valence-corrected chi connectivity index (χ0v) is 11.9. The number of pyridine rings is 1. The van der Waals surface area contributed by atoms with E-state index in [1.54, 1.807) is 6.07 Å². The van der Waals surface area contributed by atoms with Gasteiger partial charge < -0.3 is 15.5 Å². The van der Waals surface area contributed by atoms with E-state index in [2.05, 4.69) is 10.3 Å². The molecule has 2 aromatic rings. The lowest BCUT2D eigenvalue weighted by molar-refractivity contribution is 0.0698. The van der Waals surface area contributed by atoms with Crippen LogP contribution < -0.4 is 5.32 Å². The van der Waals surface area contributed by atoms with Crippen molar-refractivity contribution in [2.24, 2.45) is 0 Å². The fourth-order valence-electron chi connectivity index (χ4n) is 2.91. The Labute approximate surface area is 126 Å². The van der Waals surface area contributed by atoms with Crippen molar-refractivity contribution in [1.29, 1.82) is 0 Å². The molecule has 3 N–H and O–H groups in total. The number of carbonyl (C=O) groups is 1. The zero-order chi connectivity index (χ0) is 15.7. The van der Waals surface area contributed by atoms with Gasteiger partial charge in [0.2, 0.25) is 0 Å². The number of aromatic nitrogens is 1. The Morgan fingerprint density at radius 1 is 1.23 bits per heavy atom. The minimum absolute atomic E-state index is 0.0699. The van der Waals surface area contributed by atoms with E-state index in [1.807, 2.05) is 0 Å². The van der Waals surface area contributed by atoms with Crippen LogP contribution in [0.25, 0.3) is 10.8 Å². The van der Waals surface area contributed by atoms with E-state index in [-0.39, 0.29) is 17.7 Å². The van der Waals surface area contributed by atoms with Crippen LogP contribution in [0.2, 0.25) is 0 Å². The molecule has 6 heteroatoms. The molecule has 116 valence electrons. The molecule has 0 bridgehead atoms. The van der Waals surface area contributed by atoms with Gasteiger partial charge in [-0.3, -0.25) is 0 Å². The average molecular weight is 304 g/mol. The maximum atomic E-state index is 13.4.